The van der Waals surface area contributed by atoms with E-state index < -0.39 is 5.97 Å². The highest BCUT2D eigenvalue weighted by Gasteiger charge is 2.16. The van der Waals surface area contributed by atoms with Gasteiger partial charge in [-0.2, -0.15) is 5.10 Å². The fraction of sp³-hybridized carbons (Fsp3) is 0.0588. The molecule has 3 rings (SSSR count). The second-order valence-electron chi connectivity index (χ2n) is 4.78. The average molecular weight is 278 g/mol. The number of carbonyl (C=O) groups is 1. The molecule has 0 radical (unpaired) electrons. The van der Waals surface area contributed by atoms with E-state index in [1.54, 1.807) is 11.7 Å². The first kappa shape index (κ1) is 13.1. The molecule has 0 saturated carbocycles. The first-order chi connectivity index (χ1) is 10.2. The summed E-state index contributed by atoms with van der Waals surface area (Å²) < 4.78 is 1.58. The number of nitrogens with zero attached hydrogens (tertiary/aromatic N) is 2. The maximum Gasteiger partial charge on any atom is 0.339 e. The third-order valence-corrected chi connectivity index (χ3v) is 3.43. The Balaban J connectivity index is 2.03. The smallest absolute Gasteiger partial charge is 0.339 e. The van der Waals surface area contributed by atoms with Crippen LogP contribution in [0.15, 0.2) is 60.8 Å². The number of aromatic carboxylic acids is 1. The third-order valence-electron chi connectivity index (χ3n) is 3.43. The van der Waals surface area contributed by atoms with E-state index in [9.17, 15) is 9.90 Å². The van der Waals surface area contributed by atoms with Crippen LogP contribution in [-0.2, 0) is 7.05 Å². The second kappa shape index (κ2) is 5.25. The van der Waals surface area contributed by atoms with E-state index in [-0.39, 0.29) is 5.56 Å². The van der Waals surface area contributed by atoms with Crippen LogP contribution >= 0.6 is 0 Å². The van der Waals surface area contributed by atoms with E-state index >= 15 is 0 Å². The molecule has 4 heteroatoms. The summed E-state index contributed by atoms with van der Waals surface area (Å²) in [4.78, 5) is 11.2. The van der Waals surface area contributed by atoms with Crippen LogP contribution in [0.3, 0.4) is 0 Å². The van der Waals surface area contributed by atoms with Gasteiger partial charge in [-0.05, 0) is 11.1 Å². The molecule has 2 aromatic carbocycles. The van der Waals surface area contributed by atoms with Crippen molar-refractivity contribution in [3.63, 3.8) is 0 Å². The minimum absolute atomic E-state index is 0.213. The Labute approximate surface area is 122 Å². The zero-order chi connectivity index (χ0) is 14.8. The van der Waals surface area contributed by atoms with Gasteiger partial charge in [0.25, 0.3) is 0 Å². The lowest BCUT2D eigenvalue weighted by molar-refractivity contribution is 0.0697. The molecule has 104 valence electrons. The Morgan fingerprint density at radius 3 is 2.14 bits per heavy atom. The van der Waals surface area contributed by atoms with Crippen LogP contribution in [0, 0.1) is 0 Å². The highest BCUT2D eigenvalue weighted by molar-refractivity contribution is 5.94. The van der Waals surface area contributed by atoms with Gasteiger partial charge in [-0.25, -0.2) is 4.79 Å². The van der Waals surface area contributed by atoms with Gasteiger partial charge in [0.1, 0.15) is 5.56 Å². The van der Waals surface area contributed by atoms with Crippen LogP contribution in [0.2, 0.25) is 0 Å². The quantitative estimate of drug-likeness (QED) is 0.798. The molecule has 0 bridgehead atoms. The lowest BCUT2D eigenvalue weighted by Gasteiger charge is -2.06. The highest BCUT2D eigenvalue weighted by atomic mass is 16.4. The van der Waals surface area contributed by atoms with Gasteiger partial charge in [0.15, 0.2) is 0 Å². The molecule has 0 saturated heterocycles. The van der Waals surface area contributed by atoms with Crippen LogP contribution in [0.4, 0.5) is 0 Å². The first-order valence-electron chi connectivity index (χ1n) is 6.58. The van der Waals surface area contributed by atoms with Crippen molar-refractivity contribution in [2.75, 3.05) is 0 Å². The molecule has 0 aliphatic heterocycles. The molecule has 0 unspecified atom stereocenters. The summed E-state index contributed by atoms with van der Waals surface area (Å²) in [5.41, 5.74) is 3.89. The summed E-state index contributed by atoms with van der Waals surface area (Å²) in [6, 6.07) is 17.9. The number of rotatable bonds is 3. The Kier molecular flexibility index (Phi) is 3.28. The van der Waals surface area contributed by atoms with Gasteiger partial charge >= 0.3 is 5.97 Å². The van der Waals surface area contributed by atoms with E-state index in [0.717, 1.165) is 16.7 Å². The van der Waals surface area contributed by atoms with Crippen molar-refractivity contribution in [3.05, 3.63) is 66.4 Å². The van der Waals surface area contributed by atoms with Crippen molar-refractivity contribution in [1.29, 1.82) is 0 Å². The number of hydrogen-bond acceptors (Lipinski definition) is 2. The Morgan fingerprint density at radius 2 is 1.52 bits per heavy atom. The predicted octanol–water partition coefficient (Wildman–Crippen LogP) is 3.45. The van der Waals surface area contributed by atoms with E-state index in [1.807, 2.05) is 54.6 Å². The van der Waals surface area contributed by atoms with E-state index in [2.05, 4.69) is 5.10 Å². The molecule has 0 fully saturated rings. The topological polar surface area (TPSA) is 55.1 Å². The second-order valence-corrected chi connectivity index (χ2v) is 4.78. The molecule has 0 amide bonds. The number of carboxylic acid groups (broad SMARTS) is 1. The molecule has 0 atom stereocenters. The predicted molar refractivity (Wildman–Crippen MR) is 81.0 cm³/mol. The number of aromatic nitrogens is 2. The van der Waals surface area contributed by atoms with E-state index in [1.165, 1.54) is 6.20 Å². The molecule has 0 aliphatic carbocycles. The number of benzene rings is 2. The number of aryl methyl sites for hydroxylation is 1. The Hall–Kier alpha value is -2.88. The summed E-state index contributed by atoms with van der Waals surface area (Å²) in [6.45, 7) is 0. The van der Waals surface area contributed by atoms with Crippen molar-refractivity contribution in [1.82, 2.24) is 9.78 Å². The first-order valence-corrected chi connectivity index (χ1v) is 6.58. The number of carboxylic acids is 1. The molecular formula is C17H14N2O2. The van der Waals surface area contributed by atoms with Gasteiger partial charge in [0, 0.05) is 12.6 Å². The van der Waals surface area contributed by atoms with Crippen LogP contribution in [-0.4, -0.2) is 20.9 Å². The summed E-state index contributed by atoms with van der Waals surface area (Å²) in [6.07, 6.45) is 1.38. The maximum absolute atomic E-state index is 11.2. The molecule has 1 heterocycles. The van der Waals surface area contributed by atoms with Crippen LogP contribution in [0.25, 0.3) is 22.4 Å². The molecule has 1 aromatic heterocycles. The molecule has 4 nitrogen and oxygen atoms in total. The molecule has 0 aliphatic rings. The SMILES string of the molecule is Cn1ncc(C(=O)O)c1-c1ccc(-c2ccccc2)cc1. The summed E-state index contributed by atoms with van der Waals surface area (Å²) in [5.74, 6) is -0.967. The molecular weight excluding hydrogens is 264 g/mol. The van der Waals surface area contributed by atoms with Crippen molar-refractivity contribution in [2.45, 2.75) is 0 Å². The van der Waals surface area contributed by atoms with Crippen molar-refractivity contribution in [2.24, 2.45) is 7.05 Å². The zero-order valence-corrected chi connectivity index (χ0v) is 11.5. The van der Waals surface area contributed by atoms with Gasteiger partial charge in [-0.3, -0.25) is 4.68 Å². The molecule has 0 spiro atoms. The summed E-state index contributed by atoms with van der Waals surface area (Å²) >= 11 is 0. The van der Waals surface area contributed by atoms with Crippen molar-refractivity contribution >= 4 is 5.97 Å². The normalized spacial score (nSPS) is 10.5. The van der Waals surface area contributed by atoms with E-state index in [0.29, 0.717) is 5.69 Å². The number of hydrogen-bond donors (Lipinski definition) is 1. The Morgan fingerprint density at radius 1 is 0.952 bits per heavy atom. The maximum atomic E-state index is 11.2. The fourth-order valence-corrected chi connectivity index (χ4v) is 2.39. The lowest BCUT2D eigenvalue weighted by Crippen LogP contribution is -2.00. The third kappa shape index (κ3) is 2.43. The average Bonchev–Trinajstić information content (AvgIpc) is 2.90. The van der Waals surface area contributed by atoms with Crippen molar-refractivity contribution in [3.8, 4) is 22.4 Å². The minimum atomic E-state index is -0.967. The minimum Gasteiger partial charge on any atom is -0.478 e. The van der Waals surface area contributed by atoms with Gasteiger partial charge in [0.05, 0.1) is 11.9 Å². The molecule has 21 heavy (non-hydrogen) atoms. The van der Waals surface area contributed by atoms with Crippen LogP contribution in [0.5, 0.6) is 0 Å². The van der Waals surface area contributed by atoms with Gasteiger partial charge in [0.2, 0.25) is 0 Å². The molecule has 3 aromatic rings. The van der Waals surface area contributed by atoms with Gasteiger partial charge in [-0.15, -0.1) is 0 Å². The molecule has 1 N–H and O–H groups in total. The highest BCUT2D eigenvalue weighted by Crippen LogP contribution is 2.26. The summed E-state index contributed by atoms with van der Waals surface area (Å²) in [7, 11) is 1.74. The van der Waals surface area contributed by atoms with Gasteiger partial charge in [-0.1, -0.05) is 54.6 Å². The standard InChI is InChI=1S/C17H14N2O2/c1-19-16(15(11-18-19)17(20)21)14-9-7-13(8-10-14)12-5-3-2-4-6-12/h2-11H,1H3,(H,20,21). The monoisotopic (exact) mass is 278 g/mol. The largest absolute Gasteiger partial charge is 0.478 e. The van der Waals surface area contributed by atoms with Crippen LogP contribution < -0.4 is 0 Å². The van der Waals surface area contributed by atoms with Crippen molar-refractivity contribution < 1.29 is 9.90 Å². The van der Waals surface area contributed by atoms with Gasteiger partial charge < -0.3 is 5.11 Å². The Bertz CT molecular complexity index is 774. The zero-order valence-electron chi connectivity index (χ0n) is 11.5. The van der Waals surface area contributed by atoms with Crippen LogP contribution in [0.1, 0.15) is 10.4 Å². The lowest BCUT2D eigenvalue weighted by atomic mass is 10.0. The fourth-order valence-electron chi connectivity index (χ4n) is 2.39. The van der Waals surface area contributed by atoms with E-state index in [4.69, 9.17) is 0 Å². The summed E-state index contributed by atoms with van der Waals surface area (Å²) in [5, 5.41) is 13.3.